The predicted octanol–water partition coefficient (Wildman–Crippen LogP) is 3.09. The van der Waals surface area contributed by atoms with Crippen LogP contribution in [0.2, 0.25) is 0 Å². The van der Waals surface area contributed by atoms with Crippen molar-refractivity contribution < 1.29 is 14.4 Å². The van der Waals surface area contributed by atoms with Crippen LogP contribution in [-0.2, 0) is 9.59 Å². The van der Waals surface area contributed by atoms with Gasteiger partial charge in [0.15, 0.2) is 0 Å². The first kappa shape index (κ1) is 19.8. The first-order valence-corrected chi connectivity index (χ1v) is 8.41. The summed E-state index contributed by atoms with van der Waals surface area (Å²) in [6.45, 7) is 4.99. The monoisotopic (exact) mass is 366 g/mol. The van der Waals surface area contributed by atoms with Crippen molar-refractivity contribution in [3.63, 3.8) is 0 Å². The van der Waals surface area contributed by atoms with E-state index >= 15 is 0 Å². The average Bonchev–Trinajstić information content (AvgIpc) is 2.61. The Morgan fingerprint density at radius 2 is 1.56 bits per heavy atom. The maximum Gasteiger partial charge on any atom is 0.271 e. The molecule has 0 aliphatic heterocycles. The lowest BCUT2D eigenvalue weighted by Crippen LogP contribution is -2.21. The zero-order chi connectivity index (χ0) is 19.8. The van der Waals surface area contributed by atoms with Crippen LogP contribution in [0.25, 0.3) is 0 Å². The number of rotatable bonds is 6. The molecule has 27 heavy (non-hydrogen) atoms. The Morgan fingerprint density at radius 3 is 2.15 bits per heavy atom. The highest BCUT2D eigenvalue weighted by Gasteiger charge is 2.07. The molecule has 0 saturated carbocycles. The minimum atomic E-state index is -0.327. The molecule has 0 bridgehead atoms. The van der Waals surface area contributed by atoms with E-state index in [0.29, 0.717) is 22.6 Å². The molecule has 0 aliphatic carbocycles. The first-order valence-electron chi connectivity index (χ1n) is 8.41. The molecule has 3 N–H and O–H groups in total. The van der Waals surface area contributed by atoms with Gasteiger partial charge in [0.1, 0.15) is 0 Å². The maximum absolute atomic E-state index is 12.1. The molecule has 0 aliphatic rings. The molecular weight excluding hydrogens is 344 g/mol. The summed E-state index contributed by atoms with van der Waals surface area (Å²) in [5, 5.41) is 9.35. The molecule has 0 heterocycles. The molecule has 2 aromatic carbocycles. The molecule has 0 radical (unpaired) electrons. The Hall–Kier alpha value is -3.48. The molecule has 2 rings (SSSR count). The Morgan fingerprint density at radius 1 is 0.926 bits per heavy atom. The van der Waals surface area contributed by atoms with Crippen LogP contribution in [0.1, 0.15) is 36.2 Å². The SMILES string of the molecule is CC(=O)Nc1ccc(NC(=O)C/C(C)=N\NC(=O)c2cccc(C)c2)cc1. The van der Waals surface area contributed by atoms with Crippen LogP contribution in [0.15, 0.2) is 53.6 Å². The van der Waals surface area contributed by atoms with Crippen molar-refractivity contribution in [3.8, 4) is 0 Å². The Balaban J connectivity index is 1.86. The summed E-state index contributed by atoms with van der Waals surface area (Å²) in [5.41, 5.74) is 5.67. The van der Waals surface area contributed by atoms with Crippen LogP contribution in [-0.4, -0.2) is 23.4 Å². The predicted molar refractivity (Wildman–Crippen MR) is 106 cm³/mol. The molecule has 7 heteroatoms. The largest absolute Gasteiger partial charge is 0.326 e. The number of nitrogens with one attached hydrogen (secondary N) is 3. The fourth-order valence-corrected chi connectivity index (χ4v) is 2.31. The number of anilines is 2. The third-order valence-electron chi connectivity index (χ3n) is 3.53. The lowest BCUT2D eigenvalue weighted by molar-refractivity contribution is -0.115. The molecule has 2 aromatic rings. The highest BCUT2D eigenvalue weighted by molar-refractivity contribution is 6.06. The van der Waals surface area contributed by atoms with Crippen LogP contribution in [0, 0.1) is 6.92 Å². The molecule has 140 valence electrons. The number of carbonyl (C=O) groups is 3. The van der Waals surface area contributed by atoms with Gasteiger partial charge in [0.2, 0.25) is 11.8 Å². The lowest BCUT2D eigenvalue weighted by Gasteiger charge is -2.07. The van der Waals surface area contributed by atoms with Gasteiger partial charge in [-0.3, -0.25) is 14.4 Å². The number of amides is 3. The van der Waals surface area contributed by atoms with E-state index in [-0.39, 0.29) is 24.1 Å². The maximum atomic E-state index is 12.1. The standard InChI is InChI=1S/C20H22N4O3/c1-13-5-4-6-16(11-13)20(27)24-23-14(2)12-19(26)22-18-9-7-17(8-10-18)21-15(3)25/h4-11H,12H2,1-3H3,(H,21,25)(H,22,26)(H,24,27)/b23-14-. The quantitative estimate of drug-likeness (QED) is 0.541. The Bertz CT molecular complexity index is 873. The smallest absolute Gasteiger partial charge is 0.271 e. The van der Waals surface area contributed by atoms with E-state index < -0.39 is 0 Å². The van der Waals surface area contributed by atoms with E-state index in [1.807, 2.05) is 13.0 Å². The molecule has 0 spiro atoms. The average molecular weight is 366 g/mol. The van der Waals surface area contributed by atoms with Gasteiger partial charge in [0.25, 0.3) is 5.91 Å². The van der Waals surface area contributed by atoms with Gasteiger partial charge in [-0.15, -0.1) is 0 Å². The summed E-state index contributed by atoms with van der Waals surface area (Å²) >= 11 is 0. The van der Waals surface area contributed by atoms with E-state index in [9.17, 15) is 14.4 Å². The normalized spacial score (nSPS) is 10.9. The zero-order valence-electron chi connectivity index (χ0n) is 15.5. The van der Waals surface area contributed by atoms with Crippen LogP contribution < -0.4 is 16.1 Å². The fourth-order valence-electron chi connectivity index (χ4n) is 2.31. The number of hydrazone groups is 1. The summed E-state index contributed by atoms with van der Waals surface area (Å²) < 4.78 is 0. The van der Waals surface area contributed by atoms with Gasteiger partial charge in [0, 0.05) is 29.6 Å². The minimum Gasteiger partial charge on any atom is -0.326 e. The van der Waals surface area contributed by atoms with E-state index in [2.05, 4.69) is 21.2 Å². The van der Waals surface area contributed by atoms with Crippen molar-refractivity contribution in [1.82, 2.24) is 5.43 Å². The molecule has 0 fully saturated rings. The Labute approximate surface area is 157 Å². The van der Waals surface area contributed by atoms with Gasteiger partial charge < -0.3 is 10.6 Å². The van der Waals surface area contributed by atoms with Crippen molar-refractivity contribution in [3.05, 3.63) is 59.7 Å². The number of hydrogen-bond donors (Lipinski definition) is 3. The van der Waals surface area contributed by atoms with Gasteiger partial charge in [0.05, 0.1) is 6.42 Å². The summed E-state index contributed by atoms with van der Waals surface area (Å²) in [6, 6.07) is 13.9. The first-order chi connectivity index (χ1) is 12.8. The van der Waals surface area contributed by atoms with Gasteiger partial charge >= 0.3 is 0 Å². The van der Waals surface area contributed by atoms with E-state index in [1.165, 1.54) is 6.92 Å². The second kappa shape index (κ2) is 9.28. The van der Waals surface area contributed by atoms with Gasteiger partial charge in [-0.05, 0) is 50.2 Å². The summed E-state index contributed by atoms with van der Waals surface area (Å²) in [4.78, 5) is 35.1. The molecule has 3 amide bonds. The summed E-state index contributed by atoms with van der Waals surface area (Å²) in [7, 11) is 0. The Kier molecular flexibility index (Phi) is 6.82. The lowest BCUT2D eigenvalue weighted by atomic mass is 10.1. The summed E-state index contributed by atoms with van der Waals surface area (Å²) in [6.07, 6.45) is 0.0432. The van der Waals surface area contributed by atoms with Crippen molar-refractivity contribution in [2.24, 2.45) is 5.10 Å². The number of benzene rings is 2. The summed E-state index contributed by atoms with van der Waals surface area (Å²) in [5.74, 6) is -0.744. The molecule has 0 atom stereocenters. The zero-order valence-corrected chi connectivity index (χ0v) is 15.5. The minimum absolute atomic E-state index is 0.0432. The molecule has 7 nitrogen and oxygen atoms in total. The van der Waals surface area contributed by atoms with Crippen LogP contribution in [0.5, 0.6) is 0 Å². The third-order valence-corrected chi connectivity index (χ3v) is 3.53. The van der Waals surface area contributed by atoms with Crippen LogP contribution in [0.4, 0.5) is 11.4 Å². The van der Waals surface area contributed by atoms with Crippen molar-refractivity contribution in [1.29, 1.82) is 0 Å². The second-order valence-corrected chi connectivity index (χ2v) is 6.14. The molecule has 0 aromatic heterocycles. The van der Waals surface area contributed by atoms with Gasteiger partial charge in [-0.25, -0.2) is 5.43 Å². The molecule has 0 saturated heterocycles. The van der Waals surface area contributed by atoms with E-state index in [0.717, 1.165) is 5.56 Å². The van der Waals surface area contributed by atoms with E-state index in [4.69, 9.17) is 0 Å². The topological polar surface area (TPSA) is 99.7 Å². The number of nitrogens with zero attached hydrogens (tertiary/aromatic N) is 1. The highest BCUT2D eigenvalue weighted by atomic mass is 16.2. The van der Waals surface area contributed by atoms with Gasteiger partial charge in [-0.2, -0.15) is 5.10 Å². The van der Waals surface area contributed by atoms with Crippen molar-refractivity contribution in [2.75, 3.05) is 10.6 Å². The molecule has 0 unspecified atom stereocenters. The van der Waals surface area contributed by atoms with Gasteiger partial charge in [-0.1, -0.05) is 17.7 Å². The van der Waals surface area contributed by atoms with Crippen LogP contribution >= 0.6 is 0 Å². The van der Waals surface area contributed by atoms with E-state index in [1.54, 1.807) is 49.4 Å². The number of aryl methyl sites for hydroxylation is 1. The second-order valence-electron chi connectivity index (χ2n) is 6.14. The fraction of sp³-hybridized carbons (Fsp3) is 0.200. The van der Waals surface area contributed by atoms with Crippen molar-refractivity contribution >= 4 is 34.8 Å². The number of carbonyl (C=O) groups excluding carboxylic acids is 3. The number of hydrogen-bond acceptors (Lipinski definition) is 4. The van der Waals surface area contributed by atoms with Crippen LogP contribution in [0.3, 0.4) is 0 Å². The molecular formula is C20H22N4O3. The third kappa shape index (κ3) is 6.74. The highest BCUT2D eigenvalue weighted by Crippen LogP contribution is 2.13. The van der Waals surface area contributed by atoms with Crippen molar-refractivity contribution in [2.45, 2.75) is 27.2 Å².